The van der Waals surface area contributed by atoms with Crippen molar-refractivity contribution in [3.63, 3.8) is 0 Å². The maximum atomic E-state index is 12.1. The number of nitrogens with one attached hydrogen (secondary N) is 1. The fourth-order valence-corrected chi connectivity index (χ4v) is 2.52. The minimum absolute atomic E-state index is 0.166. The number of rotatable bonds is 5. The summed E-state index contributed by atoms with van der Waals surface area (Å²) in [5.41, 5.74) is 0.849. The molecule has 1 saturated heterocycles. The van der Waals surface area contributed by atoms with Crippen LogP contribution in [0.2, 0.25) is 0 Å². The fourth-order valence-electron chi connectivity index (χ4n) is 2.52. The number of benzene rings is 1. The Morgan fingerprint density at radius 2 is 1.89 bits per heavy atom. The molecule has 0 aliphatic carbocycles. The predicted octanol–water partition coefficient (Wildman–Crippen LogP) is 1.76. The summed E-state index contributed by atoms with van der Waals surface area (Å²) in [5.74, 6) is -1.17. The highest BCUT2D eigenvalue weighted by Gasteiger charge is 2.36. The first-order chi connectivity index (χ1) is 12.8. The van der Waals surface area contributed by atoms with Crippen LogP contribution in [-0.4, -0.2) is 46.1 Å². The molecule has 2 aromatic rings. The quantitative estimate of drug-likeness (QED) is 0.855. The molecule has 1 aliphatic heterocycles. The molecular weight excluding hydrogens is 365 g/mol. The van der Waals surface area contributed by atoms with Crippen molar-refractivity contribution in [2.75, 3.05) is 13.1 Å². The first-order valence-electron chi connectivity index (χ1n) is 7.99. The summed E-state index contributed by atoms with van der Waals surface area (Å²) in [5, 5.41) is 2.70. The number of ether oxygens (including phenoxy) is 1. The largest absolute Gasteiger partial charge is 0.573 e. The van der Waals surface area contributed by atoms with Crippen LogP contribution < -0.4 is 10.1 Å². The van der Waals surface area contributed by atoms with Gasteiger partial charge < -0.3 is 15.0 Å². The lowest BCUT2D eigenvalue weighted by molar-refractivity contribution is -0.274. The normalized spacial score (nSPS) is 14.4. The Kier molecular flexibility index (Phi) is 5.24. The zero-order chi connectivity index (χ0) is 19.4. The number of carbonyl (C=O) groups excluding carboxylic acids is 2. The number of alkyl halides is 3. The summed E-state index contributed by atoms with van der Waals surface area (Å²) in [6.07, 6.45) is -0.496. The van der Waals surface area contributed by atoms with Crippen molar-refractivity contribution < 1.29 is 27.5 Å². The van der Waals surface area contributed by atoms with Crippen molar-refractivity contribution in [1.29, 1.82) is 0 Å². The molecule has 0 radical (unpaired) electrons. The molecule has 0 bridgehead atoms. The molecule has 2 heterocycles. The minimum atomic E-state index is -4.74. The number of aromatic nitrogens is 2. The molecule has 1 aromatic heterocycles. The van der Waals surface area contributed by atoms with Gasteiger partial charge in [-0.15, -0.1) is 13.2 Å². The van der Waals surface area contributed by atoms with E-state index in [1.54, 1.807) is 0 Å². The van der Waals surface area contributed by atoms with Crippen LogP contribution in [-0.2, 0) is 11.3 Å². The molecule has 2 amide bonds. The standard InChI is InChI=1S/C17H15F3N4O3/c18-17(19,20)27-13-3-1-11(2-4-13)7-23-15(25)12-9-24(10-12)16(26)14-8-21-5-6-22-14/h1-6,8,12H,7,9-10H2,(H,23,25). The molecule has 0 atom stereocenters. The van der Waals surface area contributed by atoms with Crippen LogP contribution in [0.5, 0.6) is 5.75 Å². The summed E-state index contributed by atoms with van der Waals surface area (Å²) in [6.45, 7) is 0.721. The monoisotopic (exact) mass is 380 g/mol. The lowest BCUT2D eigenvalue weighted by atomic mass is 9.98. The van der Waals surface area contributed by atoms with Crippen molar-refractivity contribution in [2.24, 2.45) is 5.92 Å². The van der Waals surface area contributed by atoms with Crippen molar-refractivity contribution in [1.82, 2.24) is 20.2 Å². The van der Waals surface area contributed by atoms with Gasteiger partial charge in [-0.3, -0.25) is 14.6 Å². The molecule has 7 nitrogen and oxygen atoms in total. The molecule has 1 N–H and O–H groups in total. The molecular formula is C17H15F3N4O3. The third-order valence-electron chi connectivity index (χ3n) is 3.95. The molecule has 1 aromatic carbocycles. The first-order valence-corrected chi connectivity index (χ1v) is 7.99. The van der Waals surface area contributed by atoms with E-state index in [0.29, 0.717) is 5.56 Å². The van der Waals surface area contributed by atoms with Crippen molar-refractivity contribution in [3.8, 4) is 5.75 Å². The average Bonchev–Trinajstić information content (AvgIpc) is 2.59. The van der Waals surface area contributed by atoms with Gasteiger partial charge in [-0.1, -0.05) is 12.1 Å². The fraction of sp³-hybridized carbons (Fsp3) is 0.294. The van der Waals surface area contributed by atoms with Gasteiger partial charge in [0.2, 0.25) is 5.91 Å². The summed E-state index contributed by atoms with van der Waals surface area (Å²) in [4.78, 5) is 33.5. The highest BCUT2D eigenvalue weighted by Crippen LogP contribution is 2.23. The lowest BCUT2D eigenvalue weighted by Crippen LogP contribution is -2.55. The highest BCUT2D eigenvalue weighted by atomic mass is 19.4. The van der Waals surface area contributed by atoms with Crippen molar-refractivity contribution >= 4 is 11.8 Å². The summed E-state index contributed by atoms with van der Waals surface area (Å²) < 4.78 is 40.1. The van der Waals surface area contributed by atoms with E-state index >= 15 is 0 Å². The Bertz CT molecular complexity index is 806. The van der Waals surface area contributed by atoms with Crippen LogP contribution in [0, 0.1) is 5.92 Å². The second-order valence-corrected chi connectivity index (χ2v) is 5.91. The highest BCUT2D eigenvalue weighted by molar-refractivity contribution is 5.94. The van der Waals surface area contributed by atoms with Crippen LogP contribution in [0.25, 0.3) is 0 Å². The Morgan fingerprint density at radius 3 is 2.48 bits per heavy atom. The molecule has 1 aliphatic rings. The molecule has 0 spiro atoms. The second-order valence-electron chi connectivity index (χ2n) is 5.91. The van der Waals surface area contributed by atoms with E-state index in [-0.39, 0.29) is 48.8 Å². The summed E-state index contributed by atoms with van der Waals surface area (Å²) in [6, 6.07) is 5.23. The number of likely N-dealkylation sites (tertiary alicyclic amines) is 1. The van der Waals surface area contributed by atoms with E-state index in [4.69, 9.17) is 0 Å². The number of carbonyl (C=O) groups is 2. The van der Waals surface area contributed by atoms with E-state index in [9.17, 15) is 22.8 Å². The molecule has 0 unspecified atom stereocenters. The van der Waals surface area contributed by atoms with Crippen LogP contribution in [0.4, 0.5) is 13.2 Å². The van der Waals surface area contributed by atoms with E-state index in [2.05, 4.69) is 20.0 Å². The Hall–Kier alpha value is -3.17. The van der Waals surface area contributed by atoms with Gasteiger partial charge in [0, 0.05) is 32.0 Å². The van der Waals surface area contributed by atoms with Crippen LogP contribution in [0.1, 0.15) is 16.1 Å². The summed E-state index contributed by atoms with van der Waals surface area (Å²) in [7, 11) is 0. The van der Waals surface area contributed by atoms with Crippen molar-refractivity contribution in [2.45, 2.75) is 12.9 Å². The van der Waals surface area contributed by atoms with Crippen molar-refractivity contribution in [3.05, 3.63) is 54.1 Å². The number of hydrogen-bond acceptors (Lipinski definition) is 5. The van der Waals surface area contributed by atoms with E-state index < -0.39 is 6.36 Å². The lowest BCUT2D eigenvalue weighted by Gasteiger charge is -2.37. The molecule has 10 heteroatoms. The number of halogens is 3. The van der Waals surface area contributed by atoms with Crippen LogP contribution in [0.3, 0.4) is 0 Å². The van der Waals surface area contributed by atoms with Crippen LogP contribution >= 0.6 is 0 Å². The van der Waals surface area contributed by atoms with E-state index in [1.807, 2.05) is 0 Å². The topological polar surface area (TPSA) is 84.4 Å². The van der Waals surface area contributed by atoms with Gasteiger partial charge in [-0.05, 0) is 17.7 Å². The molecule has 3 rings (SSSR count). The molecule has 0 saturated carbocycles. The number of amides is 2. The maximum absolute atomic E-state index is 12.1. The van der Waals surface area contributed by atoms with Gasteiger partial charge in [0.15, 0.2) is 0 Å². The zero-order valence-corrected chi connectivity index (χ0v) is 13.9. The SMILES string of the molecule is O=C(NCc1ccc(OC(F)(F)F)cc1)C1CN(C(=O)c2cnccn2)C1. The van der Waals surface area contributed by atoms with E-state index in [0.717, 1.165) is 0 Å². The van der Waals surface area contributed by atoms with Gasteiger partial charge in [-0.2, -0.15) is 0 Å². The molecule has 27 heavy (non-hydrogen) atoms. The Labute approximate surface area is 152 Å². The van der Waals surface area contributed by atoms with Gasteiger partial charge in [-0.25, -0.2) is 4.98 Å². The second kappa shape index (κ2) is 7.60. The maximum Gasteiger partial charge on any atom is 0.573 e. The van der Waals surface area contributed by atoms with Crippen LogP contribution in [0.15, 0.2) is 42.9 Å². The van der Waals surface area contributed by atoms with Gasteiger partial charge in [0.25, 0.3) is 5.91 Å². The third-order valence-corrected chi connectivity index (χ3v) is 3.95. The van der Waals surface area contributed by atoms with Gasteiger partial charge in [0.1, 0.15) is 11.4 Å². The molecule has 142 valence electrons. The predicted molar refractivity (Wildman–Crippen MR) is 86.4 cm³/mol. The summed E-state index contributed by atoms with van der Waals surface area (Å²) >= 11 is 0. The first kappa shape index (κ1) is 18.6. The van der Waals surface area contributed by atoms with Gasteiger partial charge in [0.05, 0.1) is 12.1 Å². The smallest absolute Gasteiger partial charge is 0.406 e. The Balaban J connectivity index is 1.44. The number of nitrogens with zero attached hydrogens (tertiary/aromatic N) is 3. The third kappa shape index (κ3) is 4.93. The molecule has 1 fully saturated rings. The average molecular weight is 380 g/mol. The number of hydrogen-bond donors (Lipinski definition) is 1. The Morgan fingerprint density at radius 1 is 1.19 bits per heavy atom. The zero-order valence-electron chi connectivity index (χ0n) is 13.9. The van der Waals surface area contributed by atoms with E-state index in [1.165, 1.54) is 47.8 Å². The van der Waals surface area contributed by atoms with Gasteiger partial charge >= 0.3 is 6.36 Å². The minimum Gasteiger partial charge on any atom is -0.406 e.